The van der Waals surface area contributed by atoms with E-state index >= 15 is 0 Å². The van der Waals surface area contributed by atoms with Gasteiger partial charge in [0.05, 0.1) is 0 Å². The highest BCUT2D eigenvalue weighted by atomic mass is 35.5. The van der Waals surface area contributed by atoms with Gasteiger partial charge in [-0.05, 0) is 13.0 Å². The van der Waals surface area contributed by atoms with Gasteiger partial charge in [-0.3, -0.25) is 0 Å². The van der Waals surface area contributed by atoms with Crippen LogP contribution in [0.15, 0.2) is 34.6 Å². The summed E-state index contributed by atoms with van der Waals surface area (Å²) in [7, 11) is 0. The molecule has 0 saturated heterocycles. The van der Waals surface area contributed by atoms with Crippen LogP contribution in [0.5, 0.6) is 0 Å². The lowest BCUT2D eigenvalue weighted by Gasteiger charge is -2.07. The van der Waals surface area contributed by atoms with E-state index in [2.05, 4.69) is 24.2 Å². The summed E-state index contributed by atoms with van der Waals surface area (Å²) < 4.78 is 4.77. The molecule has 0 amide bonds. The van der Waals surface area contributed by atoms with Crippen LogP contribution >= 0.6 is 24.2 Å². The van der Waals surface area contributed by atoms with Gasteiger partial charge in [0.15, 0.2) is 0 Å². The molecule has 13 heavy (non-hydrogen) atoms. The van der Waals surface area contributed by atoms with E-state index in [-0.39, 0.29) is 12.4 Å². The molecule has 0 aromatic carbocycles. The van der Waals surface area contributed by atoms with Crippen molar-refractivity contribution in [1.29, 1.82) is 0 Å². The summed E-state index contributed by atoms with van der Waals surface area (Å²) >= 11 is 1.80. The van der Waals surface area contributed by atoms with Gasteiger partial charge in [0.1, 0.15) is 12.0 Å². The molecular formula is C9H10ClNOS. The monoisotopic (exact) mass is 215 g/mol. The van der Waals surface area contributed by atoms with E-state index in [4.69, 9.17) is 4.52 Å². The van der Waals surface area contributed by atoms with E-state index in [1.807, 2.05) is 6.07 Å². The van der Waals surface area contributed by atoms with Crippen LogP contribution < -0.4 is 0 Å². The minimum Gasteiger partial charge on any atom is -0.364 e. The molecule has 0 unspecified atom stereocenters. The summed E-state index contributed by atoms with van der Waals surface area (Å²) in [5.74, 6) is 1.05. The summed E-state index contributed by atoms with van der Waals surface area (Å²) in [6.07, 6.45) is 5.81. The molecule has 0 N–H and O–H groups in total. The van der Waals surface area contributed by atoms with Gasteiger partial charge >= 0.3 is 0 Å². The Morgan fingerprint density at radius 2 is 2.31 bits per heavy atom. The Morgan fingerprint density at radius 1 is 1.46 bits per heavy atom. The zero-order valence-corrected chi connectivity index (χ0v) is 8.82. The van der Waals surface area contributed by atoms with Crippen molar-refractivity contribution in [3.05, 3.63) is 35.7 Å². The van der Waals surface area contributed by atoms with Gasteiger partial charge in [0.2, 0.25) is 0 Å². The normalized spacial score (nSPS) is 15.8. The van der Waals surface area contributed by atoms with Crippen LogP contribution in [0.2, 0.25) is 0 Å². The first-order valence-corrected chi connectivity index (χ1v) is 4.76. The molecular weight excluding hydrogens is 206 g/mol. The van der Waals surface area contributed by atoms with Gasteiger partial charge in [-0.25, -0.2) is 0 Å². The van der Waals surface area contributed by atoms with Crippen LogP contribution in [0.25, 0.3) is 4.91 Å². The Kier molecular flexibility index (Phi) is 3.63. The zero-order valence-electron chi connectivity index (χ0n) is 7.19. The Morgan fingerprint density at radius 3 is 2.85 bits per heavy atom. The van der Waals surface area contributed by atoms with Crippen LogP contribution in [0, 0.1) is 0 Å². The van der Waals surface area contributed by atoms with Crippen molar-refractivity contribution in [2.24, 2.45) is 0 Å². The first-order valence-electron chi connectivity index (χ1n) is 3.77. The highest BCUT2D eigenvalue weighted by Crippen LogP contribution is 2.31. The van der Waals surface area contributed by atoms with Gasteiger partial charge < -0.3 is 4.52 Å². The number of hydrogen-bond acceptors (Lipinski definition) is 3. The molecule has 0 fully saturated rings. The number of rotatable bonds is 1. The standard InChI is InChI=1S/C9H9NOS.ClH/c1-7-2-3-9(12-6-7)8-4-5-11-10-8;/h2-5H,6H2,1H3;1H. The first kappa shape index (κ1) is 10.4. The van der Waals surface area contributed by atoms with Crippen molar-refractivity contribution in [3.8, 4) is 0 Å². The second-order valence-corrected chi connectivity index (χ2v) is 3.73. The van der Waals surface area contributed by atoms with Gasteiger partial charge in [0.25, 0.3) is 0 Å². The molecule has 2 rings (SSSR count). The Hall–Kier alpha value is -0.670. The third-order valence-corrected chi connectivity index (χ3v) is 2.92. The molecule has 0 saturated carbocycles. The highest BCUT2D eigenvalue weighted by molar-refractivity contribution is 8.08. The molecule has 70 valence electrons. The summed E-state index contributed by atoms with van der Waals surface area (Å²) in [6.45, 7) is 2.13. The number of halogens is 1. The molecule has 1 aromatic rings. The number of thioether (sulfide) groups is 1. The second-order valence-electron chi connectivity index (χ2n) is 2.72. The van der Waals surface area contributed by atoms with Crippen LogP contribution in [0.1, 0.15) is 12.6 Å². The van der Waals surface area contributed by atoms with E-state index < -0.39 is 0 Å². The fourth-order valence-corrected chi connectivity index (χ4v) is 1.90. The average Bonchev–Trinajstić information content (AvgIpc) is 2.58. The summed E-state index contributed by atoms with van der Waals surface area (Å²) in [5.41, 5.74) is 2.33. The molecule has 4 heteroatoms. The molecule has 0 spiro atoms. The number of allylic oxidation sites excluding steroid dienone is 2. The summed E-state index contributed by atoms with van der Waals surface area (Å²) in [6, 6.07) is 1.88. The number of nitrogens with zero attached hydrogens (tertiary/aromatic N) is 1. The van der Waals surface area contributed by atoms with Crippen LogP contribution in [-0.4, -0.2) is 10.9 Å². The lowest BCUT2D eigenvalue weighted by molar-refractivity contribution is 0.418. The number of hydrogen-bond donors (Lipinski definition) is 0. The van der Waals surface area contributed by atoms with Crippen LogP contribution in [0.3, 0.4) is 0 Å². The predicted molar refractivity (Wildman–Crippen MR) is 57.9 cm³/mol. The van der Waals surface area contributed by atoms with Gasteiger partial charge in [-0.15, -0.1) is 24.2 Å². The molecule has 0 bridgehead atoms. The maximum absolute atomic E-state index is 4.77. The predicted octanol–water partition coefficient (Wildman–Crippen LogP) is 3.13. The Labute approximate surface area is 87.5 Å². The largest absolute Gasteiger partial charge is 0.364 e. The maximum atomic E-state index is 4.77. The van der Waals surface area contributed by atoms with Crippen molar-refractivity contribution in [1.82, 2.24) is 5.16 Å². The maximum Gasteiger partial charge on any atom is 0.124 e. The van der Waals surface area contributed by atoms with E-state index in [1.54, 1.807) is 18.0 Å². The third-order valence-electron chi connectivity index (χ3n) is 1.66. The van der Waals surface area contributed by atoms with Crippen molar-refractivity contribution < 1.29 is 4.52 Å². The van der Waals surface area contributed by atoms with Gasteiger partial charge in [-0.2, -0.15) is 0 Å². The minimum absolute atomic E-state index is 0. The van der Waals surface area contributed by atoms with Crippen molar-refractivity contribution in [2.75, 3.05) is 5.75 Å². The molecule has 0 aliphatic carbocycles. The summed E-state index contributed by atoms with van der Waals surface area (Å²) in [4.78, 5) is 1.19. The fourth-order valence-electron chi connectivity index (χ4n) is 1.00. The van der Waals surface area contributed by atoms with E-state index in [0.29, 0.717) is 0 Å². The van der Waals surface area contributed by atoms with Crippen molar-refractivity contribution in [2.45, 2.75) is 6.92 Å². The van der Waals surface area contributed by atoms with Gasteiger partial charge in [0, 0.05) is 16.7 Å². The zero-order chi connectivity index (χ0) is 8.39. The van der Waals surface area contributed by atoms with Crippen LogP contribution in [0.4, 0.5) is 0 Å². The third kappa shape index (κ3) is 2.39. The van der Waals surface area contributed by atoms with E-state index in [9.17, 15) is 0 Å². The van der Waals surface area contributed by atoms with Crippen LogP contribution in [-0.2, 0) is 0 Å². The van der Waals surface area contributed by atoms with Gasteiger partial charge in [-0.1, -0.05) is 16.8 Å². The smallest absolute Gasteiger partial charge is 0.124 e. The van der Waals surface area contributed by atoms with Crippen molar-refractivity contribution in [3.63, 3.8) is 0 Å². The molecule has 0 radical (unpaired) electrons. The molecule has 1 aliphatic rings. The molecule has 0 atom stereocenters. The highest BCUT2D eigenvalue weighted by Gasteiger charge is 2.08. The SMILES string of the molecule is CC1=CC=C(c2ccon2)SC1.Cl. The lowest BCUT2D eigenvalue weighted by Crippen LogP contribution is -1.89. The molecule has 2 heterocycles. The van der Waals surface area contributed by atoms with E-state index in [1.165, 1.54) is 10.5 Å². The molecule has 1 aromatic heterocycles. The fraction of sp³-hybridized carbons (Fsp3) is 0.222. The van der Waals surface area contributed by atoms with Crippen molar-refractivity contribution >= 4 is 29.1 Å². The molecule has 2 nitrogen and oxygen atoms in total. The Bertz CT molecular complexity index is 329. The first-order chi connectivity index (χ1) is 5.86. The minimum atomic E-state index is 0. The second kappa shape index (κ2) is 4.53. The average molecular weight is 216 g/mol. The van der Waals surface area contributed by atoms with E-state index in [0.717, 1.165) is 11.4 Å². The lowest BCUT2D eigenvalue weighted by atomic mass is 10.3. The quantitative estimate of drug-likeness (QED) is 0.720. The summed E-state index contributed by atoms with van der Waals surface area (Å²) in [5, 5.41) is 3.87. The molecule has 1 aliphatic heterocycles. The Balaban J connectivity index is 0.000000845. The number of aromatic nitrogens is 1. The topological polar surface area (TPSA) is 26.0 Å².